The lowest BCUT2D eigenvalue weighted by Crippen LogP contribution is -2.27. The summed E-state index contributed by atoms with van der Waals surface area (Å²) in [4.78, 5) is 2.60. The molecule has 11 nitrogen and oxygen atoms in total. The highest BCUT2D eigenvalue weighted by molar-refractivity contribution is 7.80. The van der Waals surface area contributed by atoms with Crippen LogP contribution >= 0.6 is 11.3 Å². The van der Waals surface area contributed by atoms with E-state index in [1.54, 1.807) is 6.92 Å². The molecule has 2 aromatic rings. The zero-order chi connectivity index (χ0) is 25.8. The normalized spacial score (nSPS) is 11.5. The Hall–Kier alpha value is -2.91. The molecule has 1 aromatic carbocycles. The number of aryl methyl sites for hydroxylation is 1. The second-order valence-corrected chi connectivity index (χ2v) is 9.28. The van der Waals surface area contributed by atoms with Crippen molar-refractivity contribution in [2.24, 2.45) is 10.2 Å². The van der Waals surface area contributed by atoms with Crippen molar-refractivity contribution < 1.29 is 26.6 Å². The molecule has 2 rings (SSSR count). The first kappa shape index (κ1) is 28.3. The van der Waals surface area contributed by atoms with Gasteiger partial charge >= 0.3 is 10.4 Å². The van der Waals surface area contributed by atoms with E-state index in [1.807, 2.05) is 32.0 Å². The Bertz CT molecular complexity index is 1210. The predicted molar refractivity (Wildman–Crippen MR) is 131 cm³/mol. The molecule has 0 unspecified atom stereocenters. The summed E-state index contributed by atoms with van der Waals surface area (Å²) in [6.45, 7) is 7.95. The summed E-state index contributed by atoms with van der Waals surface area (Å²) in [5.74, 6) is 0. The van der Waals surface area contributed by atoms with E-state index in [0.717, 1.165) is 29.1 Å². The van der Waals surface area contributed by atoms with Crippen molar-refractivity contribution >= 4 is 38.1 Å². The van der Waals surface area contributed by atoms with E-state index in [2.05, 4.69) is 31.4 Å². The SMILES string of the molecule is CCN(CCOCCOCCOS(=O)(=O)O)c1ccc(/N=N/c2sc(C#N)c(C)c2C#N)c(C)c1. The van der Waals surface area contributed by atoms with Gasteiger partial charge in [0.25, 0.3) is 0 Å². The van der Waals surface area contributed by atoms with Crippen LogP contribution in [0.15, 0.2) is 28.4 Å². The predicted octanol–water partition coefficient (Wildman–Crippen LogP) is 4.20. The molecule has 0 radical (unpaired) electrons. The van der Waals surface area contributed by atoms with Gasteiger partial charge in [0.15, 0.2) is 5.00 Å². The average Bonchev–Trinajstić information content (AvgIpc) is 3.13. The molecule has 0 amide bonds. The van der Waals surface area contributed by atoms with Gasteiger partial charge in [0.1, 0.15) is 17.0 Å². The van der Waals surface area contributed by atoms with Crippen molar-refractivity contribution in [3.63, 3.8) is 0 Å². The maximum Gasteiger partial charge on any atom is 0.397 e. The van der Waals surface area contributed by atoms with Crippen LogP contribution in [0.1, 0.15) is 28.5 Å². The quantitative estimate of drug-likeness (QED) is 0.218. The van der Waals surface area contributed by atoms with Crippen LogP contribution in [0.3, 0.4) is 0 Å². The number of ether oxygens (including phenoxy) is 2. The van der Waals surface area contributed by atoms with Gasteiger partial charge in [-0.25, -0.2) is 4.18 Å². The number of rotatable bonds is 14. The van der Waals surface area contributed by atoms with E-state index in [0.29, 0.717) is 46.5 Å². The van der Waals surface area contributed by atoms with E-state index < -0.39 is 10.4 Å². The molecule has 35 heavy (non-hydrogen) atoms. The highest BCUT2D eigenvalue weighted by Crippen LogP contribution is 2.36. The van der Waals surface area contributed by atoms with Crippen molar-refractivity contribution in [3.8, 4) is 12.1 Å². The molecule has 0 fully saturated rings. The van der Waals surface area contributed by atoms with Crippen molar-refractivity contribution in [3.05, 3.63) is 39.8 Å². The zero-order valence-corrected chi connectivity index (χ0v) is 21.4. The molecule has 188 valence electrons. The van der Waals surface area contributed by atoms with Gasteiger partial charge in [0.2, 0.25) is 0 Å². The number of anilines is 1. The molecule has 0 atom stereocenters. The first-order valence-electron chi connectivity index (χ1n) is 10.7. The number of hydrogen-bond donors (Lipinski definition) is 1. The Morgan fingerprint density at radius 3 is 2.34 bits per heavy atom. The number of nitrogens with zero attached hydrogens (tertiary/aromatic N) is 5. The molecule has 0 aliphatic rings. The third-order valence-electron chi connectivity index (χ3n) is 4.85. The van der Waals surface area contributed by atoms with Gasteiger partial charge in [-0.15, -0.1) is 21.6 Å². The first-order chi connectivity index (χ1) is 16.7. The summed E-state index contributed by atoms with van der Waals surface area (Å²) in [6.07, 6.45) is 0. The highest BCUT2D eigenvalue weighted by Gasteiger charge is 2.14. The van der Waals surface area contributed by atoms with Gasteiger partial charge in [0, 0.05) is 18.8 Å². The summed E-state index contributed by atoms with van der Waals surface area (Å²) in [7, 11) is -4.44. The number of likely N-dealkylation sites (N-methyl/N-ethyl adjacent to an activating group) is 1. The molecule has 0 bridgehead atoms. The maximum absolute atomic E-state index is 10.4. The molecule has 0 aliphatic heterocycles. The fraction of sp³-hybridized carbons (Fsp3) is 0.455. The number of hydrogen-bond acceptors (Lipinski definition) is 11. The molecule has 0 saturated heterocycles. The Morgan fingerprint density at radius 2 is 1.74 bits per heavy atom. The van der Waals surface area contributed by atoms with Crippen molar-refractivity contribution in [1.29, 1.82) is 10.5 Å². The van der Waals surface area contributed by atoms with Crippen LogP contribution in [0.4, 0.5) is 16.4 Å². The highest BCUT2D eigenvalue weighted by atomic mass is 32.3. The summed E-state index contributed by atoms with van der Waals surface area (Å²) in [5, 5.41) is 27.5. The minimum atomic E-state index is -4.44. The van der Waals surface area contributed by atoms with Crippen molar-refractivity contribution in [2.75, 3.05) is 51.0 Å². The van der Waals surface area contributed by atoms with Crippen LogP contribution in [-0.4, -0.2) is 59.1 Å². The number of azo groups is 1. The number of benzene rings is 1. The Labute approximate surface area is 209 Å². The van der Waals surface area contributed by atoms with Crippen LogP contribution in [0.25, 0.3) is 0 Å². The molecule has 1 heterocycles. The van der Waals surface area contributed by atoms with Crippen LogP contribution in [0, 0.1) is 36.5 Å². The lowest BCUT2D eigenvalue weighted by atomic mass is 10.1. The van der Waals surface area contributed by atoms with Crippen molar-refractivity contribution in [2.45, 2.75) is 20.8 Å². The van der Waals surface area contributed by atoms with Crippen LogP contribution in [-0.2, 0) is 24.1 Å². The summed E-state index contributed by atoms with van der Waals surface area (Å²) >= 11 is 1.15. The van der Waals surface area contributed by atoms with Gasteiger partial charge in [0.05, 0.1) is 44.3 Å². The summed E-state index contributed by atoms with van der Waals surface area (Å²) < 4.78 is 44.1. The fourth-order valence-corrected chi connectivity index (χ4v) is 4.17. The molecule has 0 spiro atoms. The molecule has 13 heteroatoms. The third-order valence-corrected chi connectivity index (χ3v) is 6.40. The maximum atomic E-state index is 10.4. The van der Waals surface area contributed by atoms with Crippen LogP contribution in [0.2, 0.25) is 0 Å². The Balaban J connectivity index is 1.86. The zero-order valence-electron chi connectivity index (χ0n) is 19.7. The van der Waals surface area contributed by atoms with Gasteiger partial charge in [-0.1, -0.05) is 0 Å². The molecular formula is C22H27N5O6S2. The lowest BCUT2D eigenvalue weighted by molar-refractivity contribution is 0.0378. The number of nitriles is 2. The van der Waals surface area contributed by atoms with E-state index in [1.165, 1.54) is 0 Å². The molecule has 0 aliphatic carbocycles. The smallest absolute Gasteiger partial charge is 0.377 e. The standard InChI is InChI=1S/C22H27N5O6S2/c1-4-27(7-8-31-9-10-32-11-12-33-35(28,29)30)18-5-6-20(16(2)13-18)25-26-22-19(14-23)17(3)21(15-24)34-22/h5-6,13H,4,7-12H2,1-3H3,(H,28,29,30)/b26-25+. The molecule has 0 saturated carbocycles. The largest absolute Gasteiger partial charge is 0.397 e. The van der Waals surface area contributed by atoms with Gasteiger partial charge in [-0.3, -0.25) is 4.55 Å². The van der Waals surface area contributed by atoms with E-state index in [9.17, 15) is 18.9 Å². The molecule has 1 aromatic heterocycles. The average molecular weight is 522 g/mol. The summed E-state index contributed by atoms with van der Waals surface area (Å²) in [6, 6.07) is 9.97. The van der Waals surface area contributed by atoms with Crippen molar-refractivity contribution in [1.82, 2.24) is 0 Å². The van der Waals surface area contributed by atoms with E-state index >= 15 is 0 Å². The molecular weight excluding hydrogens is 494 g/mol. The lowest BCUT2D eigenvalue weighted by Gasteiger charge is -2.23. The number of thiophene rings is 1. The van der Waals surface area contributed by atoms with E-state index in [4.69, 9.17) is 14.0 Å². The Kier molecular flexibility index (Phi) is 11.2. The van der Waals surface area contributed by atoms with Crippen LogP contribution < -0.4 is 4.90 Å². The van der Waals surface area contributed by atoms with E-state index in [-0.39, 0.29) is 19.8 Å². The minimum Gasteiger partial charge on any atom is -0.377 e. The fourth-order valence-electron chi connectivity index (χ4n) is 3.02. The Morgan fingerprint density at radius 1 is 1.06 bits per heavy atom. The second-order valence-electron chi connectivity index (χ2n) is 7.18. The van der Waals surface area contributed by atoms with Gasteiger partial charge in [-0.2, -0.15) is 18.9 Å². The minimum absolute atomic E-state index is 0.0244. The van der Waals surface area contributed by atoms with Gasteiger partial charge < -0.3 is 14.4 Å². The topological polar surface area (TPSA) is 158 Å². The van der Waals surface area contributed by atoms with Gasteiger partial charge in [-0.05, 0) is 50.1 Å². The second kappa shape index (κ2) is 13.8. The third kappa shape index (κ3) is 8.99. The first-order valence-corrected chi connectivity index (χ1v) is 12.9. The summed E-state index contributed by atoms with van der Waals surface area (Å²) in [5.41, 5.74) is 3.59. The van der Waals surface area contributed by atoms with Crippen LogP contribution in [0.5, 0.6) is 0 Å². The monoisotopic (exact) mass is 521 g/mol. The molecule has 1 N–H and O–H groups in total.